The summed E-state index contributed by atoms with van der Waals surface area (Å²) >= 11 is 0. The maximum absolute atomic E-state index is 5.33. The number of benzene rings is 1. The number of hydrogen-bond donors (Lipinski definition) is 0. The molecule has 0 saturated heterocycles. The minimum absolute atomic E-state index is 0.527. The molecule has 1 unspecified atom stereocenters. The first-order chi connectivity index (χ1) is 6.33. The van der Waals surface area contributed by atoms with Gasteiger partial charge in [0.05, 0.1) is 7.11 Å². The molecule has 1 aromatic rings. The van der Waals surface area contributed by atoms with E-state index in [-0.39, 0.29) is 0 Å². The quantitative estimate of drug-likeness (QED) is 0.595. The first-order valence-electron chi connectivity index (χ1n) is 4.65. The van der Waals surface area contributed by atoms with Crippen LogP contribution >= 0.6 is 0 Å². The van der Waals surface area contributed by atoms with Crippen LogP contribution in [-0.2, 0) is 6.42 Å². The van der Waals surface area contributed by atoms with Crippen molar-refractivity contribution >= 4 is 0 Å². The number of ether oxygens (including phenoxy) is 1. The van der Waals surface area contributed by atoms with E-state index < -0.39 is 0 Å². The number of rotatable bonds is 1. The normalized spacial score (nSPS) is 19.7. The van der Waals surface area contributed by atoms with Crippen LogP contribution in [0.15, 0.2) is 30.4 Å². The Morgan fingerprint density at radius 1 is 1.38 bits per heavy atom. The van der Waals surface area contributed by atoms with Crippen LogP contribution in [0.3, 0.4) is 0 Å². The summed E-state index contributed by atoms with van der Waals surface area (Å²) < 4.78 is 5.33. The Balaban J connectivity index is 2.52. The van der Waals surface area contributed by atoms with Crippen LogP contribution in [0.1, 0.15) is 24.0 Å². The molecule has 68 valence electrons. The summed E-state index contributed by atoms with van der Waals surface area (Å²) in [6.45, 7) is 2.22. The molecule has 1 heteroatoms. The Morgan fingerprint density at radius 2 is 2.23 bits per heavy atom. The molecule has 13 heavy (non-hydrogen) atoms. The summed E-state index contributed by atoms with van der Waals surface area (Å²) in [6, 6.07) is 6.28. The van der Waals surface area contributed by atoms with Crippen molar-refractivity contribution in [3.05, 3.63) is 41.5 Å². The molecular weight excluding hydrogens is 160 g/mol. The van der Waals surface area contributed by atoms with Crippen LogP contribution in [0.2, 0.25) is 0 Å². The summed E-state index contributed by atoms with van der Waals surface area (Å²) in [6.07, 6.45) is 5.47. The minimum atomic E-state index is 0.527. The summed E-state index contributed by atoms with van der Waals surface area (Å²) in [4.78, 5) is 0. The topological polar surface area (TPSA) is 9.23 Å². The van der Waals surface area contributed by atoms with Gasteiger partial charge in [-0.15, -0.1) is 0 Å². The van der Waals surface area contributed by atoms with Crippen LogP contribution in [-0.4, -0.2) is 7.11 Å². The van der Waals surface area contributed by atoms with Gasteiger partial charge in [0.25, 0.3) is 0 Å². The molecule has 0 fully saturated rings. The highest BCUT2D eigenvalue weighted by Gasteiger charge is 2.14. The molecule has 0 radical (unpaired) electrons. The maximum atomic E-state index is 5.33. The molecule has 0 bridgehead atoms. The van der Waals surface area contributed by atoms with E-state index in [1.807, 2.05) is 6.07 Å². The third-order valence-electron chi connectivity index (χ3n) is 2.63. The van der Waals surface area contributed by atoms with E-state index in [1.54, 1.807) is 7.11 Å². The molecule has 0 amide bonds. The Bertz CT molecular complexity index is 339. The minimum Gasteiger partial charge on any atom is -0.496 e. The fourth-order valence-corrected chi connectivity index (χ4v) is 1.91. The lowest BCUT2D eigenvalue weighted by Gasteiger charge is -2.19. The molecule has 0 aliphatic heterocycles. The zero-order valence-electron chi connectivity index (χ0n) is 8.08. The van der Waals surface area contributed by atoms with Crippen LogP contribution in [0.4, 0.5) is 0 Å². The SMILES string of the molecule is COc1cccc2c1CC=CC2C. The lowest BCUT2D eigenvalue weighted by Crippen LogP contribution is -2.03. The molecule has 1 atom stereocenters. The van der Waals surface area contributed by atoms with Gasteiger partial charge in [-0.3, -0.25) is 0 Å². The van der Waals surface area contributed by atoms with Gasteiger partial charge in [0, 0.05) is 5.56 Å². The molecule has 0 saturated carbocycles. The Morgan fingerprint density at radius 3 is 3.00 bits per heavy atom. The Labute approximate surface area is 79.0 Å². The lowest BCUT2D eigenvalue weighted by atomic mass is 9.88. The standard InChI is InChI=1S/C12H14O/c1-9-5-3-7-11-10(9)6-4-8-12(11)13-2/h3-6,8-9H,7H2,1-2H3. The van der Waals surface area contributed by atoms with E-state index in [0.717, 1.165) is 12.2 Å². The van der Waals surface area contributed by atoms with E-state index in [2.05, 4.69) is 31.2 Å². The van der Waals surface area contributed by atoms with E-state index in [9.17, 15) is 0 Å². The molecular formula is C12H14O. The highest BCUT2D eigenvalue weighted by Crippen LogP contribution is 2.32. The van der Waals surface area contributed by atoms with Crippen LogP contribution in [0, 0.1) is 0 Å². The first-order valence-corrected chi connectivity index (χ1v) is 4.65. The average molecular weight is 174 g/mol. The first kappa shape index (κ1) is 8.36. The molecule has 1 aromatic carbocycles. The number of allylic oxidation sites excluding steroid dienone is 2. The molecule has 0 spiro atoms. The van der Waals surface area contributed by atoms with E-state index in [0.29, 0.717) is 5.92 Å². The van der Waals surface area contributed by atoms with Crippen molar-refractivity contribution in [3.8, 4) is 5.75 Å². The van der Waals surface area contributed by atoms with E-state index >= 15 is 0 Å². The second-order valence-electron chi connectivity index (χ2n) is 3.45. The zero-order valence-corrected chi connectivity index (χ0v) is 8.08. The fraction of sp³-hybridized carbons (Fsp3) is 0.333. The second kappa shape index (κ2) is 3.25. The van der Waals surface area contributed by atoms with Crippen molar-refractivity contribution < 1.29 is 4.74 Å². The van der Waals surface area contributed by atoms with Crippen molar-refractivity contribution in [2.24, 2.45) is 0 Å². The van der Waals surface area contributed by atoms with Gasteiger partial charge in [-0.05, 0) is 24.0 Å². The lowest BCUT2D eigenvalue weighted by molar-refractivity contribution is 0.409. The third kappa shape index (κ3) is 1.35. The average Bonchev–Trinajstić information content (AvgIpc) is 2.18. The maximum Gasteiger partial charge on any atom is 0.122 e. The summed E-state index contributed by atoms with van der Waals surface area (Å²) in [5.74, 6) is 1.55. The summed E-state index contributed by atoms with van der Waals surface area (Å²) in [5, 5.41) is 0. The Hall–Kier alpha value is -1.24. The van der Waals surface area contributed by atoms with Crippen molar-refractivity contribution in [2.75, 3.05) is 7.11 Å². The predicted molar refractivity (Wildman–Crippen MR) is 54.3 cm³/mol. The highest BCUT2D eigenvalue weighted by molar-refractivity contribution is 5.46. The zero-order chi connectivity index (χ0) is 9.26. The van der Waals surface area contributed by atoms with Crippen LogP contribution in [0.25, 0.3) is 0 Å². The number of methoxy groups -OCH3 is 1. The van der Waals surface area contributed by atoms with Gasteiger partial charge in [0.2, 0.25) is 0 Å². The van der Waals surface area contributed by atoms with Gasteiger partial charge >= 0.3 is 0 Å². The van der Waals surface area contributed by atoms with Crippen molar-refractivity contribution in [3.63, 3.8) is 0 Å². The highest BCUT2D eigenvalue weighted by atomic mass is 16.5. The Kier molecular flexibility index (Phi) is 2.09. The van der Waals surface area contributed by atoms with Gasteiger partial charge in [-0.25, -0.2) is 0 Å². The molecule has 2 rings (SSSR count). The van der Waals surface area contributed by atoms with E-state index in [1.165, 1.54) is 11.1 Å². The largest absolute Gasteiger partial charge is 0.496 e. The second-order valence-corrected chi connectivity index (χ2v) is 3.45. The molecule has 0 N–H and O–H groups in total. The van der Waals surface area contributed by atoms with Gasteiger partial charge in [0.15, 0.2) is 0 Å². The number of hydrogen-bond acceptors (Lipinski definition) is 1. The van der Waals surface area contributed by atoms with Gasteiger partial charge in [-0.2, -0.15) is 0 Å². The summed E-state index contributed by atoms with van der Waals surface area (Å²) in [5.41, 5.74) is 2.75. The van der Waals surface area contributed by atoms with Crippen LogP contribution < -0.4 is 4.74 Å². The third-order valence-corrected chi connectivity index (χ3v) is 2.63. The van der Waals surface area contributed by atoms with Gasteiger partial charge in [0.1, 0.15) is 5.75 Å². The predicted octanol–water partition coefficient (Wildman–Crippen LogP) is 2.91. The molecule has 1 aliphatic rings. The molecule has 1 nitrogen and oxygen atoms in total. The monoisotopic (exact) mass is 174 g/mol. The molecule has 0 heterocycles. The van der Waals surface area contributed by atoms with Gasteiger partial charge in [-0.1, -0.05) is 31.2 Å². The van der Waals surface area contributed by atoms with Crippen molar-refractivity contribution in [1.29, 1.82) is 0 Å². The number of fused-ring (bicyclic) bond motifs is 1. The molecule has 1 aliphatic carbocycles. The van der Waals surface area contributed by atoms with Crippen molar-refractivity contribution in [2.45, 2.75) is 19.3 Å². The smallest absolute Gasteiger partial charge is 0.122 e. The van der Waals surface area contributed by atoms with Crippen LogP contribution in [0.5, 0.6) is 5.75 Å². The fourth-order valence-electron chi connectivity index (χ4n) is 1.91. The van der Waals surface area contributed by atoms with Crippen molar-refractivity contribution in [1.82, 2.24) is 0 Å². The van der Waals surface area contributed by atoms with Gasteiger partial charge < -0.3 is 4.74 Å². The summed E-state index contributed by atoms with van der Waals surface area (Å²) in [7, 11) is 1.73. The van der Waals surface area contributed by atoms with E-state index in [4.69, 9.17) is 4.74 Å². The molecule has 0 aromatic heterocycles.